The lowest BCUT2D eigenvalue weighted by atomic mass is 10.1. The van der Waals surface area contributed by atoms with Gasteiger partial charge in [0.25, 0.3) is 0 Å². The van der Waals surface area contributed by atoms with E-state index in [4.69, 9.17) is 25.8 Å². The van der Waals surface area contributed by atoms with E-state index in [0.29, 0.717) is 60.2 Å². The highest BCUT2D eigenvalue weighted by atomic mass is 35.5. The first-order chi connectivity index (χ1) is 17.5. The van der Waals surface area contributed by atoms with Gasteiger partial charge in [-0.15, -0.1) is 0 Å². The molecule has 0 aliphatic carbocycles. The maximum atomic E-state index is 13.5. The average molecular weight is 514 g/mol. The first kappa shape index (κ1) is 24.4. The topological polar surface area (TPSA) is 97.8 Å². The normalized spacial score (nSPS) is 20.0. The van der Waals surface area contributed by atoms with Gasteiger partial charge >= 0.3 is 0 Å². The third-order valence-corrected chi connectivity index (χ3v) is 6.47. The van der Waals surface area contributed by atoms with Gasteiger partial charge < -0.3 is 24.8 Å². The molecule has 0 bridgehead atoms. The second kappa shape index (κ2) is 10.8. The van der Waals surface area contributed by atoms with Crippen LogP contribution in [-0.4, -0.2) is 72.9 Å². The fraction of sp³-hybridized carbons (Fsp3) is 0.320. The van der Waals surface area contributed by atoms with Gasteiger partial charge in [0.2, 0.25) is 5.91 Å². The molecule has 36 heavy (non-hydrogen) atoms. The van der Waals surface area contributed by atoms with E-state index in [-0.39, 0.29) is 23.1 Å². The second-order valence-electron chi connectivity index (χ2n) is 8.45. The number of carbonyl (C=O) groups excluding carboxylic acids is 1. The molecule has 0 spiro atoms. The predicted molar refractivity (Wildman–Crippen MR) is 134 cm³/mol. The minimum atomic E-state index is -0.512. The molecule has 2 unspecified atom stereocenters. The number of nitrogens with one attached hydrogen (secondary N) is 2. The van der Waals surface area contributed by atoms with Crippen LogP contribution in [0.5, 0.6) is 5.75 Å². The summed E-state index contributed by atoms with van der Waals surface area (Å²) < 4.78 is 30.3. The van der Waals surface area contributed by atoms with Crippen molar-refractivity contribution in [1.82, 2.24) is 14.9 Å². The van der Waals surface area contributed by atoms with Crippen LogP contribution in [0.25, 0.3) is 10.9 Å². The third kappa shape index (κ3) is 5.26. The number of benzene rings is 2. The van der Waals surface area contributed by atoms with Gasteiger partial charge in [-0.05, 0) is 24.3 Å². The summed E-state index contributed by atoms with van der Waals surface area (Å²) in [5.41, 5.74) is 1.63. The van der Waals surface area contributed by atoms with Crippen molar-refractivity contribution in [3.63, 3.8) is 0 Å². The highest BCUT2D eigenvalue weighted by Gasteiger charge is 2.36. The maximum absolute atomic E-state index is 13.5. The fourth-order valence-corrected chi connectivity index (χ4v) is 4.55. The summed E-state index contributed by atoms with van der Waals surface area (Å²) in [5, 5.41) is 6.63. The van der Waals surface area contributed by atoms with Crippen molar-refractivity contribution in [3.8, 4) is 5.75 Å². The van der Waals surface area contributed by atoms with Crippen molar-refractivity contribution >= 4 is 45.6 Å². The Kier molecular flexibility index (Phi) is 7.28. The summed E-state index contributed by atoms with van der Waals surface area (Å²) >= 11 is 5.90. The van der Waals surface area contributed by atoms with Gasteiger partial charge in [-0.3, -0.25) is 9.69 Å². The minimum Gasteiger partial charge on any atom is -0.494 e. The molecule has 1 amide bonds. The van der Waals surface area contributed by atoms with Crippen LogP contribution < -0.4 is 15.4 Å². The van der Waals surface area contributed by atoms with Crippen LogP contribution in [0.3, 0.4) is 0 Å². The van der Waals surface area contributed by atoms with E-state index >= 15 is 0 Å². The Balaban J connectivity index is 1.32. The molecule has 2 fully saturated rings. The number of methoxy groups -OCH3 is 1. The van der Waals surface area contributed by atoms with E-state index in [1.54, 1.807) is 18.2 Å². The molecule has 188 valence electrons. The van der Waals surface area contributed by atoms with Crippen LogP contribution in [0, 0.1) is 5.82 Å². The lowest BCUT2D eigenvalue weighted by Gasteiger charge is -2.35. The molecule has 2 saturated heterocycles. The van der Waals surface area contributed by atoms with Gasteiger partial charge in [-0.2, -0.15) is 0 Å². The number of hydrogen-bond acceptors (Lipinski definition) is 8. The zero-order valence-corrected chi connectivity index (χ0v) is 20.3. The summed E-state index contributed by atoms with van der Waals surface area (Å²) in [6.45, 7) is 3.33. The van der Waals surface area contributed by atoms with Crippen LogP contribution in [0.15, 0.2) is 48.8 Å². The molecule has 2 N–H and O–H groups in total. The number of carbonyl (C=O) groups is 1. The number of hydrogen-bond donors (Lipinski definition) is 2. The minimum absolute atomic E-state index is 0.00664. The average Bonchev–Trinajstić information content (AvgIpc) is 3.36. The quantitative estimate of drug-likeness (QED) is 0.461. The Morgan fingerprint density at radius 3 is 3.03 bits per heavy atom. The number of ether oxygens (including phenoxy) is 3. The lowest BCUT2D eigenvalue weighted by molar-refractivity contribution is -0.111. The van der Waals surface area contributed by atoms with Gasteiger partial charge in [0.05, 0.1) is 55.3 Å². The Bertz CT molecular complexity index is 1310. The molecule has 2 aliphatic heterocycles. The predicted octanol–water partition coefficient (Wildman–Crippen LogP) is 3.77. The van der Waals surface area contributed by atoms with Crippen LogP contribution in [0.1, 0.15) is 0 Å². The summed E-state index contributed by atoms with van der Waals surface area (Å²) in [7, 11) is 1.52. The SMILES string of the molecule is COc1cc2ncnc(Nc3ccc(F)c(Cl)c3)c2cc1NC(=O)/C=C/CN1CCOC2COCC21. The number of fused-ring (bicyclic) bond motifs is 2. The first-order valence-electron chi connectivity index (χ1n) is 11.5. The molecule has 3 aromatic rings. The Morgan fingerprint density at radius 1 is 1.31 bits per heavy atom. The van der Waals surface area contributed by atoms with Gasteiger partial charge in [0, 0.05) is 36.3 Å². The molecule has 2 aromatic carbocycles. The molecule has 1 aromatic heterocycles. The monoisotopic (exact) mass is 513 g/mol. The third-order valence-electron chi connectivity index (χ3n) is 6.19. The van der Waals surface area contributed by atoms with Gasteiger partial charge in [-0.25, -0.2) is 14.4 Å². The number of nitrogens with zero attached hydrogens (tertiary/aromatic N) is 3. The van der Waals surface area contributed by atoms with E-state index in [9.17, 15) is 9.18 Å². The van der Waals surface area contributed by atoms with Crippen molar-refractivity contribution in [3.05, 3.63) is 59.7 Å². The standard InChI is InChI=1S/C25H25ClFN5O4/c1-34-22-11-19-16(25(29-14-28-19)30-15-4-5-18(27)17(26)9-15)10-20(22)31-24(33)3-2-6-32-7-8-36-23-13-35-12-21(23)32/h2-5,9-11,14,21,23H,6-8,12-13H2,1H3,(H,31,33)(H,28,29,30)/b3-2+. The molecule has 2 aliphatic rings. The highest BCUT2D eigenvalue weighted by Crippen LogP contribution is 2.33. The van der Waals surface area contributed by atoms with E-state index in [0.717, 1.165) is 6.54 Å². The molecule has 0 saturated carbocycles. The number of aromatic nitrogens is 2. The van der Waals surface area contributed by atoms with Crippen molar-refractivity contribution in [2.24, 2.45) is 0 Å². The summed E-state index contributed by atoms with van der Waals surface area (Å²) in [6, 6.07) is 7.96. The van der Waals surface area contributed by atoms with Crippen molar-refractivity contribution < 1.29 is 23.4 Å². The maximum Gasteiger partial charge on any atom is 0.248 e. The number of halogens is 2. The van der Waals surface area contributed by atoms with E-state index in [1.165, 1.54) is 31.6 Å². The van der Waals surface area contributed by atoms with Crippen molar-refractivity contribution in [1.29, 1.82) is 0 Å². The van der Waals surface area contributed by atoms with Crippen LogP contribution in [-0.2, 0) is 14.3 Å². The lowest BCUT2D eigenvalue weighted by Crippen LogP contribution is -2.50. The Labute approximate surface area is 212 Å². The molecule has 9 nitrogen and oxygen atoms in total. The van der Waals surface area contributed by atoms with Crippen LogP contribution >= 0.6 is 11.6 Å². The zero-order chi connectivity index (χ0) is 25.1. The van der Waals surface area contributed by atoms with Gasteiger partial charge in [0.1, 0.15) is 23.7 Å². The number of amides is 1. The molecular formula is C25H25ClFN5O4. The van der Waals surface area contributed by atoms with E-state index < -0.39 is 5.82 Å². The number of anilines is 3. The number of morpholine rings is 1. The largest absolute Gasteiger partial charge is 0.494 e. The fourth-order valence-electron chi connectivity index (χ4n) is 4.37. The molecule has 3 heterocycles. The number of rotatable bonds is 7. The summed E-state index contributed by atoms with van der Waals surface area (Å²) in [5.74, 6) is 0.120. The van der Waals surface area contributed by atoms with Crippen molar-refractivity contribution in [2.45, 2.75) is 12.1 Å². The zero-order valence-electron chi connectivity index (χ0n) is 19.5. The highest BCUT2D eigenvalue weighted by molar-refractivity contribution is 6.31. The molecule has 2 atom stereocenters. The molecule has 0 radical (unpaired) electrons. The molecular weight excluding hydrogens is 489 g/mol. The van der Waals surface area contributed by atoms with E-state index in [1.807, 2.05) is 6.08 Å². The summed E-state index contributed by atoms with van der Waals surface area (Å²) in [6.07, 6.45) is 4.84. The second-order valence-corrected chi connectivity index (χ2v) is 8.85. The van der Waals surface area contributed by atoms with Crippen molar-refractivity contribution in [2.75, 3.05) is 50.7 Å². The van der Waals surface area contributed by atoms with Gasteiger partial charge in [0.15, 0.2) is 0 Å². The van der Waals surface area contributed by atoms with Crippen LogP contribution in [0.2, 0.25) is 5.02 Å². The molecule has 11 heteroatoms. The molecule has 5 rings (SSSR count). The van der Waals surface area contributed by atoms with E-state index in [2.05, 4.69) is 25.5 Å². The van der Waals surface area contributed by atoms with Crippen LogP contribution in [0.4, 0.5) is 21.6 Å². The Morgan fingerprint density at radius 2 is 2.19 bits per heavy atom. The van der Waals surface area contributed by atoms with Gasteiger partial charge in [-0.1, -0.05) is 17.7 Å². The Hall–Kier alpha value is -3.31. The smallest absolute Gasteiger partial charge is 0.248 e. The summed E-state index contributed by atoms with van der Waals surface area (Å²) in [4.78, 5) is 23.6. The first-order valence-corrected chi connectivity index (χ1v) is 11.9.